The maximum atomic E-state index is 4.48. The summed E-state index contributed by atoms with van der Waals surface area (Å²) in [7, 11) is 0. The Balaban J connectivity index is 1.68. The van der Waals surface area contributed by atoms with Crippen molar-refractivity contribution in [1.82, 2.24) is 24.5 Å². The van der Waals surface area contributed by atoms with E-state index in [1.54, 1.807) is 24.0 Å². The Morgan fingerprint density at radius 2 is 1.95 bits per heavy atom. The lowest BCUT2D eigenvalue weighted by Crippen LogP contribution is -2.09. The van der Waals surface area contributed by atoms with Crippen molar-refractivity contribution in [3.8, 4) is 11.5 Å². The van der Waals surface area contributed by atoms with E-state index in [-0.39, 0.29) is 0 Å². The van der Waals surface area contributed by atoms with Gasteiger partial charge in [-0.2, -0.15) is 0 Å². The lowest BCUT2D eigenvalue weighted by atomic mass is 10.3. The number of fused-ring (bicyclic) bond motifs is 1. The molecule has 0 atom stereocenters. The van der Waals surface area contributed by atoms with E-state index in [0.29, 0.717) is 12.4 Å². The molecule has 0 spiro atoms. The summed E-state index contributed by atoms with van der Waals surface area (Å²) in [6.45, 7) is 0.636. The van der Waals surface area contributed by atoms with Gasteiger partial charge in [-0.15, -0.1) is 11.3 Å². The number of hydrogen-bond donors (Lipinski definition) is 1. The lowest BCUT2D eigenvalue weighted by molar-refractivity contribution is 0.747. The van der Waals surface area contributed by atoms with E-state index in [4.69, 9.17) is 0 Å². The van der Waals surface area contributed by atoms with E-state index < -0.39 is 0 Å². The quantitative estimate of drug-likeness (QED) is 0.627. The van der Waals surface area contributed by atoms with E-state index in [9.17, 15) is 0 Å². The second-order valence-corrected chi connectivity index (χ2v) is 5.46. The van der Waals surface area contributed by atoms with E-state index in [1.165, 1.54) is 0 Å². The Kier molecular flexibility index (Phi) is 3.24. The molecule has 0 saturated carbocycles. The molecule has 2 aromatic rings. The van der Waals surface area contributed by atoms with Crippen LogP contribution in [0.25, 0.3) is 11.5 Å². The van der Waals surface area contributed by atoms with Gasteiger partial charge in [0.15, 0.2) is 17.3 Å². The van der Waals surface area contributed by atoms with Gasteiger partial charge in [0.05, 0.1) is 24.1 Å². The summed E-state index contributed by atoms with van der Waals surface area (Å²) in [5.41, 5.74) is 4.53. The van der Waals surface area contributed by atoms with Crippen molar-refractivity contribution in [3.05, 3.63) is 59.6 Å². The fraction of sp³-hybridized carbons (Fsp3) is 0.0667. The number of anilines is 2. The minimum atomic E-state index is 0.636. The molecule has 0 fully saturated rings. The average molecular weight is 308 g/mol. The topological polar surface area (TPSA) is 68.5 Å². The lowest BCUT2D eigenvalue weighted by Gasteiger charge is -2.13. The minimum Gasteiger partial charge on any atom is -0.338 e. The van der Waals surface area contributed by atoms with E-state index in [0.717, 1.165) is 22.9 Å². The van der Waals surface area contributed by atoms with Crippen LogP contribution in [0.5, 0.6) is 0 Å². The Bertz CT molecular complexity index is 840. The van der Waals surface area contributed by atoms with Crippen LogP contribution in [0.15, 0.2) is 53.9 Å². The highest BCUT2D eigenvalue weighted by Crippen LogP contribution is 2.27. The molecule has 0 amide bonds. The smallest absolute Gasteiger partial charge is 0.165 e. The number of hydrogen-bond acceptors (Lipinski definition) is 6. The van der Waals surface area contributed by atoms with Crippen molar-refractivity contribution < 1.29 is 0 Å². The number of benzene rings is 1. The summed E-state index contributed by atoms with van der Waals surface area (Å²) in [6.07, 6.45) is 3.32. The van der Waals surface area contributed by atoms with Crippen molar-refractivity contribution in [2.24, 2.45) is 0 Å². The van der Waals surface area contributed by atoms with E-state index >= 15 is 0 Å². The van der Waals surface area contributed by atoms with Crippen LogP contribution in [0, 0.1) is 0 Å². The molecule has 2 aliphatic rings. The first-order valence-electron chi connectivity index (χ1n) is 6.75. The van der Waals surface area contributed by atoms with Crippen LogP contribution in [0.3, 0.4) is 0 Å². The van der Waals surface area contributed by atoms with Gasteiger partial charge in [-0.05, 0) is 12.1 Å². The number of nitrogens with zero attached hydrogens (tertiary/aromatic N) is 5. The fourth-order valence-corrected chi connectivity index (χ4v) is 2.79. The van der Waals surface area contributed by atoms with Crippen LogP contribution in [0.1, 0.15) is 5.69 Å². The minimum absolute atomic E-state index is 0.636. The molecular weight excluding hydrogens is 296 g/mol. The van der Waals surface area contributed by atoms with Crippen molar-refractivity contribution in [2.75, 3.05) is 5.32 Å². The Hall–Kier alpha value is -2.80. The molecule has 0 bridgehead atoms. The third-order valence-corrected chi connectivity index (χ3v) is 3.89. The highest BCUT2D eigenvalue weighted by Gasteiger charge is 2.17. The molecule has 2 aliphatic heterocycles. The van der Waals surface area contributed by atoms with Gasteiger partial charge in [-0.3, -0.25) is 0 Å². The molecule has 108 valence electrons. The molecule has 0 saturated heterocycles. The summed E-state index contributed by atoms with van der Waals surface area (Å²) in [6, 6.07) is 9.90. The van der Waals surface area contributed by atoms with Crippen LogP contribution in [0.2, 0.25) is 0 Å². The zero-order valence-corrected chi connectivity index (χ0v) is 12.4. The number of thiazole rings is 1. The van der Waals surface area contributed by atoms with Crippen LogP contribution in [-0.2, 0) is 6.54 Å². The molecular formula is C15H12N6S. The highest BCUT2D eigenvalue weighted by atomic mass is 32.1. The van der Waals surface area contributed by atoms with Gasteiger partial charge in [0.25, 0.3) is 0 Å². The summed E-state index contributed by atoms with van der Waals surface area (Å²) < 4.78 is 1.95. The molecule has 1 aromatic carbocycles. The second-order valence-electron chi connectivity index (χ2n) is 4.74. The maximum Gasteiger partial charge on any atom is 0.165 e. The van der Waals surface area contributed by atoms with Gasteiger partial charge < -0.3 is 9.88 Å². The summed E-state index contributed by atoms with van der Waals surface area (Å²) >= 11 is 1.58. The van der Waals surface area contributed by atoms with Crippen LogP contribution in [0.4, 0.5) is 11.5 Å². The molecule has 22 heavy (non-hydrogen) atoms. The van der Waals surface area contributed by atoms with Gasteiger partial charge in [0, 0.05) is 11.1 Å². The first-order valence-corrected chi connectivity index (χ1v) is 7.69. The standard InChI is InChI=1S/C15H12N6S/c1-2-4-11(5-3-1)20-14-13-15(17-8-16-13)21(9-18-14)6-12-7-22-10-19-12/h1-5,7-10,20H,6H2. The van der Waals surface area contributed by atoms with Crippen LogP contribution < -0.4 is 5.32 Å². The molecule has 6 nitrogen and oxygen atoms in total. The Labute approximate surface area is 130 Å². The van der Waals surface area contributed by atoms with Gasteiger partial charge in [0.1, 0.15) is 6.33 Å². The van der Waals surface area contributed by atoms with E-state index in [1.807, 2.05) is 45.8 Å². The first kappa shape index (κ1) is 12.9. The number of imidazole rings is 1. The van der Waals surface area contributed by atoms with Crippen LogP contribution in [-0.4, -0.2) is 24.5 Å². The normalized spacial score (nSPS) is 10.9. The zero-order valence-electron chi connectivity index (χ0n) is 11.5. The monoisotopic (exact) mass is 308 g/mol. The van der Waals surface area contributed by atoms with Gasteiger partial charge >= 0.3 is 0 Å². The van der Waals surface area contributed by atoms with Gasteiger partial charge in [0.2, 0.25) is 0 Å². The van der Waals surface area contributed by atoms with Crippen LogP contribution >= 0.6 is 11.3 Å². The molecule has 1 N–H and O–H groups in total. The number of para-hydroxylation sites is 1. The molecule has 0 aliphatic carbocycles. The van der Waals surface area contributed by atoms with Gasteiger partial charge in [-0.25, -0.2) is 19.9 Å². The predicted octanol–water partition coefficient (Wildman–Crippen LogP) is 3.03. The third kappa shape index (κ3) is 2.42. The van der Waals surface area contributed by atoms with Crippen molar-refractivity contribution >= 4 is 22.8 Å². The summed E-state index contributed by atoms with van der Waals surface area (Å²) in [5.74, 6) is 1.50. The Morgan fingerprint density at radius 1 is 1.05 bits per heavy atom. The molecule has 0 unspecified atom stereocenters. The molecule has 7 heteroatoms. The first-order chi connectivity index (χ1) is 10.9. The van der Waals surface area contributed by atoms with Gasteiger partial charge in [-0.1, -0.05) is 18.2 Å². The zero-order chi connectivity index (χ0) is 14.8. The maximum absolute atomic E-state index is 4.48. The van der Waals surface area contributed by atoms with Crippen molar-refractivity contribution in [2.45, 2.75) is 6.54 Å². The SMILES string of the molecule is c1ccc(Nc2ncn(Cc3cscn3)c3ncnc2-3)cc1. The van der Waals surface area contributed by atoms with E-state index in [2.05, 4.69) is 25.3 Å². The fourth-order valence-electron chi connectivity index (χ4n) is 2.24. The largest absolute Gasteiger partial charge is 0.338 e. The molecule has 1 aromatic heterocycles. The Morgan fingerprint density at radius 3 is 2.77 bits per heavy atom. The number of rotatable bonds is 4. The number of aromatic nitrogens is 5. The average Bonchev–Trinajstić information content (AvgIpc) is 3.22. The number of nitrogens with one attached hydrogen (secondary N) is 1. The summed E-state index contributed by atoms with van der Waals surface area (Å²) in [4.78, 5) is 17.5. The third-order valence-electron chi connectivity index (χ3n) is 3.25. The predicted molar refractivity (Wildman–Crippen MR) is 85.4 cm³/mol. The molecule has 0 radical (unpaired) electrons. The molecule has 3 heterocycles. The highest BCUT2D eigenvalue weighted by molar-refractivity contribution is 7.07. The summed E-state index contributed by atoms with van der Waals surface area (Å²) in [5, 5.41) is 5.30. The van der Waals surface area contributed by atoms with Crippen molar-refractivity contribution in [3.63, 3.8) is 0 Å². The molecule has 4 rings (SSSR count). The second kappa shape index (κ2) is 5.53. The van der Waals surface area contributed by atoms with Crippen molar-refractivity contribution in [1.29, 1.82) is 0 Å².